The first-order valence-electron chi connectivity index (χ1n) is 4.36. The zero-order valence-corrected chi connectivity index (χ0v) is 9.04. The molecule has 1 amide bonds. The Morgan fingerprint density at radius 1 is 1.38 bits per heavy atom. The summed E-state index contributed by atoms with van der Waals surface area (Å²) in [5, 5.41) is 2.97. The van der Waals surface area contributed by atoms with E-state index in [1.54, 1.807) is 0 Å². The standard InChI is InChI=1S/C10H8INO/c11-8-3-1-2-5-6-4-7(6)10(13)12-9(5)8/h1-3,6-7H,4H2,(H,12,13). The summed E-state index contributed by atoms with van der Waals surface area (Å²) >= 11 is 2.27. The first-order chi connectivity index (χ1) is 6.27. The molecule has 1 aromatic carbocycles. The third-order valence-corrected chi connectivity index (χ3v) is 3.72. The number of halogens is 1. The molecule has 1 aliphatic carbocycles. The summed E-state index contributed by atoms with van der Waals surface area (Å²) in [6.07, 6.45) is 1.04. The highest BCUT2D eigenvalue weighted by Gasteiger charge is 2.48. The number of para-hydroxylation sites is 1. The molecule has 2 nitrogen and oxygen atoms in total. The molecule has 1 aliphatic heterocycles. The molecule has 3 heteroatoms. The van der Waals surface area contributed by atoms with Crippen LogP contribution in [0.2, 0.25) is 0 Å². The minimum absolute atomic E-state index is 0.210. The maximum absolute atomic E-state index is 11.4. The van der Waals surface area contributed by atoms with E-state index in [1.807, 2.05) is 6.07 Å². The number of anilines is 1. The molecule has 66 valence electrons. The van der Waals surface area contributed by atoms with Gasteiger partial charge in [-0.2, -0.15) is 0 Å². The Morgan fingerprint density at radius 3 is 3.08 bits per heavy atom. The fourth-order valence-electron chi connectivity index (χ4n) is 2.03. The smallest absolute Gasteiger partial charge is 0.228 e. The lowest BCUT2D eigenvalue weighted by molar-refractivity contribution is -0.117. The van der Waals surface area contributed by atoms with Crippen LogP contribution in [0.5, 0.6) is 0 Å². The molecule has 0 saturated heterocycles. The first-order valence-corrected chi connectivity index (χ1v) is 5.44. The Kier molecular flexibility index (Phi) is 1.48. The molecule has 1 fully saturated rings. The van der Waals surface area contributed by atoms with E-state index >= 15 is 0 Å². The minimum atomic E-state index is 0.210. The topological polar surface area (TPSA) is 29.1 Å². The van der Waals surface area contributed by atoms with Crippen LogP contribution < -0.4 is 5.32 Å². The van der Waals surface area contributed by atoms with Crippen LogP contribution in [0.1, 0.15) is 17.9 Å². The van der Waals surface area contributed by atoms with Crippen LogP contribution in [0, 0.1) is 9.49 Å². The van der Waals surface area contributed by atoms with Crippen molar-refractivity contribution in [1.29, 1.82) is 0 Å². The maximum Gasteiger partial charge on any atom is 0.228 e. The van der Waals surface area contributed by atoms with E-state index in [9.17, 15) is 4.79 Å². The average molecular weight is 285 g/mol. The van der Waals surface area contributed by atoms with Crippen molar-refractivity contribution in [3.05, 3.63) is 27.3 Å². The molecule has 1 aromatic rings. The molecule has 1 heterocycles. The van der Waals surface area contributed by atoms with Crippen molar-refractivity contribution in [1.82, 2.24) is 0 Å². The summed E-state index contributed by atoms with van der Waals surface area (Å²) in [7, 11) is 0. The summed E-state index contributed by atoms with van der Waals surface area (Å²) < 4.78 is 1.15. The third-order valence-electron chi connectivity index (χ3n) is 2.82. The molecule has 1 N–H and O–H groups in total. The molecule has 0 aromatic heterocycles. The van der Waals surface area contributed by atoms with Gasteiger partial charge in [0.1, 0.15) is 0 Å². The van der Waals surface area contributed by atoms with Gasteiger partial charge in [-0.25, -0.2) is 0 Å². The molecule has 1 saturated carbocycles. The normalized spacial score (nSPS) is 28.8. The number of benzene rings is 1. The van der Waals surface area contributed by atoms with E-state index in [4.69, 9.17) is 0 Å². The Labute approximate surface area is 89.9 Å². The largest absolute Gasteiger partial charge is 0.325 e. The monoisotopic (exact) mass is 285 g/mol. The van der Waals surface area contributed by atoms with Crippen LogP contribution in [0.15, 0.2) is 18.2 Å². The van der Waals surface area contributed by atoms with E-state index in [0.29, 0.717) is 5.92 Å². The Bertz CT molecular complexity index is 402. The van der Waals surface area contributed by atoms with Gasteiger partial charge in [0.25, 0.3) is 0 Å². The predicted octanol–water partition coefficient (Wildman–Crippen LogP) is 2.35. The van der Waals surface area contributed by atoms with E-state index in [0.717, 1.165) is 15.7 Å². The Hall–Kier alpha value is -0.580. The van der Waals surface area contributed by atoms with Crippen molar-refractivity contribution in [3.63, 3.8) is 0 Å². The van der Waals surface area contributed by atoms with Crippen molar-refractivity contribution < 1.29 is 4.79 Å². The van der Waals surface area contributed by atoms with Gasteiger partial charge in [-0.15, -0.1) is 0 Å². The molecule has 2 atom stereocenters. The second kappa shape index (κ2) is 2.47. The van der Waals surface area contributed by atoms with E-state index in [-0.39, 0.29) is 11.8 Å². The molecule has 2 aliphatic rings. The zero-order valence-electron chi connectivity index (χ0n) is 6.88. The summed E-state index contributed by atoms with van der Waals surface area (Å²) in [4.78, 5) is 11.4. The lowest BCUT2D eigenvalue weighted by Crippen LogP contribution is -2.20. The van der Waals surface area contributed by atoms with Gasteiger partial charge in [0.2, 0.25) is 5.91 Å². The minimum Gasteiger partial charge on any atom is -0.325 e. The molecule has 3 rings (SSSR count). The van der Waals surface area contributed by atoms with Crippen molar-refractivity contribution in [3.8, 4) is 0 Å². The lowest BCUT2D eigenvalue weighted by Gasteiger charge is -2.17. The third kappa shape index (κ3) is 1.03. The molecular weight excluding hydrogens is 277 g/mol. The summed E-state index contributed by atoms with van der Waals surface area (Å²) in [5.74, 6) is 0.991. The van der Waals surface area contributed by atoms with Gasteiger partial charge < -0.3 is 5.32 Å². The number of nitrogens with one attached hydrogen (secondary N) is 1. The van der Waals surface area contributed by atoms with E-state index in [1.165, 1.54) is 5.56 Å². The van der Waals surface area contributed by atoms with Gasteiger partial charge >= 0.3 is 0 Å². The fourth-order valence-corrected chi connectivity index (χ4v) is 2.68. The van der Waals surface area contributed by atoms with Crippen molar-refractivity contribution >= 4 is 34.2 Å². The lowest BCUT2D eigenvalue weighted by atomic mass is 10.0. The molecule has 0 bridgehead atoms. The highest BCUT2D eigenvalue weighted by Crippen LogP contribution is 2.53. The highest BCUT2D eigenvalue weighted by atomic mass is 127. The number of hydrogen-bond donors (Lipinski definition) is 1. The van der Waals surface area contributed by atoms with Crippen molar-refractivity contribution in [2.75, 3.05) is 5.32 Å². The van der Waals surface area contributed by atoms with E-state index < -0.39 is 0 Å². The van der Waals surface area contributed by atoms with Gasteiger partial charge in [-0.1, -0.05) is 12.1 Å². The summed E-state index contributed by atoms with van der Waals surface area (Å²) in [5.41, 5.74) is 2.38. The summed E-state index contributed by atoms with van der Waals surface area (Å²) in [6, 6.07) is 6.22. The van der Waals surface area contributed by atoms with Gasteiger partial charge in [0.15, 0.2) is 0 Å². The van der Waals surface area contributed by atoms with Gasteiger partial charge in [0, 0.05) is 9.49 Å². The number of carbonyl (C=O) groups excluding carboxylic acids is 1. The Balaban J connectivity index is 2.19. The molecule has 0 radical (unpaired) electrons. The van der Waals surface area contributed by atoms with Crippen LogP contribution >= 0.6 is 22.6 Å². The molecular formula is C10H8INO. The van der Waals surface area contributed by atoms with Gasteiger partial charge in [-0.05, 0) is 46.6 Å². The highest BCUT2D eigenvalue weighted by molar-refractivity contribution is 14.1. The van der Waals surface area contributed by atoms with Crippen LogP contribution in [-0.4, -0.2) is 5.91 Å². The second-order valence-electron chi connectivity index (χ2n) is 3.64. The fraction of sp³-hybridized carbons (Fsp3) is 0.300. The average Bonchev–Trinajstić information content (AvgIpc) is 2.87. The van der Waals surface area contributed by atoms with Crippen molar-refractivity contribution in [2.24, 2.45) is 5.92 Å². The number of fused-ring (bicyclic) bond motifs is 3. The van der Waals surface area contributed by atoms with Crippen LogP contribution in [0.25, 0.3) is 0 Å². The number of hydrogen-bond acceptors (Lipinski definition) is 1. The van der Waals surface area contributed by atoms with Crippen LogP contribution in [0.4, 0.5) is 5.69 Å². The number of rotatable bonds is 0. The van der Waals surface area contributed by atoms with Crippen LogP contribution in [-0.2, 0) is 4.79 Å². The van der Waals surface area contributed by atoms with Gasteiger partial charge in [0.05, 0.1) is 5.69 Å². The van der Waals surface area contributed by atoms with Crippen LogP contribution in [0.3, 0.4) is 0 Å². The second-order valence-corrected chi connectivity index (χ2v) is 4.80. The zero-order chi connectivity index (χ0) is 9.00. The first kappa shape index (κ1) is 7.79. The van der Waals surface area contributed by atoms with Crippen molar-refractivity contribution in [2.45, 2.75) is 12.3 Å². The maximum atomic E-state index is 11.4. The number of amides is 1. The SMILES string of the molecule is O=C1Nc2c(I)cccc2C2CC12. The molecule has 2 unspecified atom stereocenters. The van der Waals surface area contributed by atoms with E-state index in [2.05, 4.69) is 40.0 Å². The van der Waals surface area contributed by atoms with Gasteiger partial charge in [-0.3, -0.25) is 4.79 Å². The number of carbonyl (C=O) groups is 1. The predicted molar refractivity (Wildman–Crippen MR) is 58.6 cm³/mol. The summed E-state index contributed by atoms with van der Waals surface area (Å²) in [6.45, 7) is 0. The Morgan fingerprint density at radius 2 is 2.23 bits per heavy atom. The molecule has 0 spiro atoms. The quantitative estimate of drug-likeness (QED) is 0.728. The molecule has 13 heavy (non-hydrogen) atoms.